The minimum Gasteiger partial charge on any atom is -0.298 e. The van der Waals surface area contributed by atoms with Crippen LogP contribution in [0.5, 0.6) is 0 Å². The Bertz CT molecular complexity index is 413. The molecule has 0 aromatic heterocycles. The summed E-state index contributed by atoms with van der Waals surface area (Å²) in [7, 11) is 0. The van der Waals surface area contributed by atoms with Crippen molar-refractivity contribution in [2.75, 3.05) is 0 Å². The van der Waals surface area contributed by atoms with Crippen LogP contribution in [0.4, 0.5) is 0 Å². The molecule has 0 spiro atoms. The van der Waals surface area contributed by atoms with E-state index in [0.717, 1.165) is 0 Å². The lowest BCUT2D eigenvalue weighted by Crippen LogP contribution is -2.23. The average molecular weight is 202 g/mol. The molecule has 1 aliphatic carbocycles. The largest absolute Gasteiger partial charge is 0.298 e. The van der Waals surface area contributed by atoms with Gasteiger partial charge in [-0.25, -0.2) is 0 Å². The number of benzene rings is 1. The molecule has 0 bridgehead atoms. The molecule has 1 aromatic rings. The first-order valence-electron chi connectivity index (χ1n) is 5.59. The molecule has 0 radical (unpaired) electrons. The predicted molar refractivity (Wildman–Crippen MR) is 62.3 cm³/mol. The molecule has 0 saturated carbocycles. The molecule has 15 heavy (non-hydrogen) atoms. The van der Waals surface area contributed by atoms with E-state index in [1.807, 2.05) is 13.8 Å². The van der Waals surface area contributed by atoms with Gasteiger partial charge in [-0.3, -0.25) is 4.79 Å². The predicted octanol–water partition coefficient (Wildman–Crippen LogP) is 3.21. The smallest absolute Gasteiger partial charge is 0.147 e. The molecule has 2 rings (SSSR count). The van der Waals surface area contributed by atoms with E-state index in [1.54, 1.807) is 0 Å². The van der Waals surface area contributed by atoms with Crippen molar-refractivity contribution in [1.29, 1.82) is 0 Å². The van der Waals surface area contributed by atoms with Gasteiger partial charge in [0.25, 0.3) is 0 Å². The zero-order valence-corrected chi connectivity index (χ0v) is 9.92. The van der Waals surface area contributed by atoms with Gasteiger partial charge in [-0.15, -0.1) is 0 Å². The summed E-state index contributed by atoms with van der Waals surface area (Å²) in [5.41, 5.74) is 3.51. The second-order valence-corrected chi connectivity index (χ2v) is 5.30. The van der Waals surface area contributed by atoms with E-state index >= 15 is 0 Å². The number of Topliss-reactive ketones (excluding diaryl/α,β-unsaturated/α-hetero) is 1. The first-order valence-corrected chi connectivity index (χ1v) is 5.59. The van der Waals surface area contributed by atoms with Crippen LogP contribution in [0.25, 0.3) is 0 Å². The summed E-state index contributed by atoms with van der Waals surface area (Å²) < 4.78 is 0. The van der Waals surface area contributed by atoms with Crippen molar-refractivity contribution in [2.24, 2.45) is 0 Å². The van der Waals surface area contributed by atoms with E-state index in [-0.39, 0.29) is 5.41 Å². The van der Waals surface area contributed by atoms with Gasteiger partial charge in [0.1, 0.15) is 5.78 Å². The minimum absolute atomic E-state index is 0.273. The molecule has 0 unspecified atom stereocenters. The van der Waals surface area contributed by atoms with Crippen LogP contribution in [0, 0.1) is 0 Å². The second kappa shape index (κ2) is 3.19. The van der Waals surface area contributed by atoms with Gasteiger partial charge in [0, 0.05) is 11.8 Å². The summed E-state index contributed by atoms with van der Waals surface area (Å²) in [5, 5.41) is 0. The van der Waals surface area contributed by atoms with Crippen LogP contribution in [0.15, 0.2) is 18.2 Å². The Morgan fingerprint density at radius 3 is 2.53 bits per heavy atom. The first-order chi connectivity index (χ1) is 6.93. The second-order valence-electron chi connectivity index (χ2n) is 5.30. The number of rotatable bonds is 1. The fraction of sp³-hybridized carbons (Fsp3) is 0.500. The van der Waals surface area contributed by atoms with Crippen molar-refractivity contribution in [3.63, 3.8) is 0 Å². The third-order valence-corrected chi connectivity index (χ3v) is 3.52. The molecule has 80 valence electrons. The molecular formula is C14H18O. The molecule has 1 aliphatic rings. The number of ketones is 1. The molecule has 0 heterocycles. The highest BCUT2D eigenvalue weighted by Crippen LogP contribution is 2.36. The lowest BCUT2D eigenvalue weighted by molar-refractivity contribution is -0.121. The van der Waals surface area contributed by atoms with Crippen LogP contribution < -0.4 is 0 Å². The van der Waals surface area contributed by atoms with Crippen LogP contribution in [0.1, 0.15) is 50.3 Å². The Kier molecular flexibility index (Phi) is 2.22. The third-order valence-electron chi connectivity index (χ3n) is 3.52. The first kappa shape index (κ1) is 10.4. The van der Waals surface area contributed by atoms with E-state index in [1.165, 1.54) is 16.7 Å². The lowest BCUT2D eigenvalue weighted by atomic mass is 9.85. The van der Waals surface area contributed by atoms with Gasteiger partial charge in [-0.2, -0.15) is 0 Å². The molecular weight excluding hydrogens is 184 g/mol. The third kappa shape index (κ3) is 1.50. The molecule has 0 N–H and O–H groups in total. The summed E-state index contributed by atoms with van der Waals surface area (Å²) in [6.07, 6.45) is 0.614. The maximum absolute atomic E-state index is 11.8. The normalized spacial score (nSPS) is 18.3. The fourth-order valence-electron chi connectivity index (χ4n) is 2.27. The number of fused-ring (bicyclic) bond motifs is 1. The summed E-state index contributed by atoms with van der Waals surface area (Å²) in [4.78, 5) is 11.8. The quantitative estimate of drug-likeness (QED) is 0.683. The van der Waals surface area contributed by atoms with Crippen molar-refractivity contribution in [3.05, 3.63) is 34.9 Å². The molecule has 1 aromatic carbocycles. The van der Waals surface area contributed by atoms with Gasteiger partial charge < -0.3 is 0 Å². The average Bonchev–Trinajstić information content (AvgIpc) is 2.38. The molecule has 0 saturated heterocycles. The highest BCUT2D eigenvalue weighted by atomic mass is 16.1. The van der Waals surface area contributed by atoms with Gasteiger partial charge in [0.2, 0.25) is 0 Å². The summed E-state index contributed by atoms with van der Waals surface area (Å²) in [6, 6.07) is 6.49. The molecule has 0 atom stereocenters. The van der Waals surface area contributed by atoms with Crippen LogP contribution in [0.2, 0.25) is 0 Å². The van der Waals surface area contributed by atoms with Crippen LogP contribution in [-0.2, 0) is 16.6 Å². The van der Waals surface area contributed by atoms with Crippen molar-refractivity contribution in [3.8, 4) is 0 Å². The van der Waals surface area contributed by atoms with Crippen molar-refractivity contribution in [2.45, 2.75) is 45.4 Å². The van der Waals surface area contributed by atoms with Crippen LogP contribution >= 0.6 is 0 Å². The Morgan fingerprint density at radius 1 is 1.27 bits per heavy atom. The molecule has 1 heteroatoms. The Balaban J connectivity index is 2.51. The van der Waals surface area contributed by atoms with Crippen molar-refractivity contribution in [1.82, 2.24) is 0 Å². The van der Waals surface area contributed by atoms with Crippen LogP contribution in [-0.4, -0.2) is 5.78 Å². The molecule has 0 fully saturated rings. The van der Waals surface area contributed by atoms with E-state index in [4.69, 9.17) is 0 Å². The standard InChI is InChI=1S/C14H18O/c1-9(2)10-5-6-12-11(7-10)8-13(15)14(12,3)4/h5-7,9H,8H2,1-4H3. The minimum atomic E-state index is -0.273. The Labute approximate surface area is 91.5 Å². The van der Waals surface area contributed by atoms with Gasteiger partial charge >= 0.3 is 0 Å². The maximum Gasteiger partial charge on any atom is 0.147 e. The number of carbonyl (C=O) groups is 1. The van der Waals surface area contributed by atoms with Crippen LogP contribution in [0.3, 0.4) is 0 Å². The van der Waals surface area contributed by atoms with Gasteiger partial charge in [0.05, 0.1) is 0 Å². The lowest BCUT2D eigenvalue weighted by Gasteiger charge is -2.17. The monoisotopic (exact) mass is 202 g/mol. The topological polar surface area (TPSA) is 17.1 Å². The Hall–Kier alpha value is -1.11. The fourth-order valence-corrected chi connectivity index (χ4v) is 2.27. The van der Waals surface area contributed by atoms with Crippen molar-refractivity contribution < 1.29 is 4.79 Å². The molecule has 0 amide bonds. The summed E-state index contributed by atoms with van der Waals surface area (Å²) >= 11 is 0. The Morgan fingerprint density at radius 2 is 1.93 bits per heavy atom. The van der Waals surface area contributed by atoms with Gasteiger partial charge in [-0.1, -0.05) is 32.0 Å². The summed E-state index contributed by atoms with van der Waals surface area (Å²) in [6.45, 7) is 8.42. The molecule has 0 aliphatic heterocycles. The number of hydrogen-bond acceptors (Lipinski definition) is 1. The van der Waals surface area contributed by atoms with Gasteiger partial charge in [0.15, 0.2) is 0 Å². The highest BCUT2D eigenvalue weighted by Gasteiger charge is 2.37. The number of hydrogen-bond donors (Lipinski definition) is 0. The van der Waals surface area contributed by atoms with Crippen molar-refractivity contribution >= 4 is 5.78 Å². The van der Waals surface area contributed by atoms with E-state index in [9.17, 15) is 4.79 Å². The molecule has 1 nitrogen and oxygen atoms in total. The van der Waals surface area contributed by atoms with Gasteiger partial charge in [-0.05, 0) is 36.5 Å². The zero-order chi connectivity index (χ0) is 11.2. The van der Waals surface area contributed by atoms with E-state index in [2.05, 4.69) is 32.0 Å². The van der Waals surface area contributed by atoms with E-state index < -0.39 is 0 Å². The summed E-state index contributed by atoms with van der Waals surface area (Å²) in [5.74, 6) is 0.882. The maximum atomic E-state index is 11.8. The zero-order valence-electron chi connectivity index (χ0n) is 9.92. The SMILES string of the molecule is CC(C)c1ccc2c(c1)CC(=O)C2(C)C. The van der Waals surface area contributed by atoms with E-state index in [0.29, 0.717) is 18.1 Å². The highest BCUT2D eigenvalue weighted by molar-refractivity contribution is 5.95. The number of carbonyl (C=O) groups excluding carboxylic acids is 1.